The van der Waals surface area contributed by atoms with Crippen molar-refractivity contribution in [2.45, 2.75) is 39.0 Å². The number of carbonyl (C=O) groups is 1. The molecule has 1 aliphatic heterocycles. The highest BCUT2D eigenvalue weighted by Crippen LogP contribution is 2.32. The third-order valence-electron chi connectivity index (χ3n) is 6.24. The van der Waals surface area contributed by atoms with E-state index in [4.69, 9.17) is 4.74 Å². The number of aromatic nitrogens is 1. The van der Waals surface area contributed by atoms with Crippen LogP contribution >= 0.6 is 11.3 Å². The van der Waals surface area contributed by atoms with Gasteiger partial charge in [0.1, 0.15) is 11.3 Å². The normalized spacial score (nSPS) is 13.6. The summed E-state index contributed by atoms with van der Waals surface area (Å²) in [6.07, 6.45) is 5.75. The Labute approximate surface area is 214 Å². The molecule has 0 bridgehead atoms. The first-order valence-electron chi connectivity index (χ1n) is 12.3. The van der Waals surface area contributed by atoms with Gasteiger partial charge >= 0.3 is 5.97 Å². The highest BCUT2D eigenvalue weighted by atomic mass is 32.1. The van der Waals surface area contributed by atoms with E-state index in [9.17, 15) is 9.90 Å². The van der Waals surface area contributed by atoms with Gasteiger partial charge < -0.3 is 14.7 Å². The molecule has 184 valence electrons. The number of aromatic hydroxyl groups is 1. The number of phenolic OH excluding ortho intramolecular Hbond substituents is 1. The van der Waals surface area contributed by atoms with Crippen LogP contribution in [0.4, 0.5) is 17.1 Å². The highest BCUT2D eigenvalue weighted by Gasteiger charge is 2.17. The fourth-order valence-electron chi connectivity index (χ4n) is 4.24. The van der Waals surface area contributed by atoms with Crippen molar-refractivity contribution in [1.29, 1.82) is 0 Å². The minimum Gasteiger partial charge on any atom is -0.507 e. The van der Waals surface area contributed by atoms with Gasteiger partial charge in [0.15, 0.2) is 0 Å². The number of benzene rings is 3. The first kappa shape index (κ1) is 23.9. The van der Waals surface area contributed by atoms with Crippen LogP contribution in [0, 0.1) is 0 Å². The van der Waals surface area contributed by atoms with Crippen LogP contribution in [0.15, 0.2) is 70.9 Å². The van der Waals surface area contributed by atoms with Crippen LogP contribution in [0.3, 0.4) is 0 Å². The summed E-state index contributed by atoms with van der Waals surface area (Å²) in [4.78, 5) is 19.4. The summed E-state index contributed by atoms with van der Waals surface area (Å²) in [5, 5.41) is 19.1. The number of ether oxygens (including phenoxy) is 1. The average Bonchev–Trinajstić information content (AvgIpc) is 3.56. The zero-order valence-corrected chi connectivity index (χ0v) is 21.0. The average molecular weight is 501 g/mol. The zero-order valence-electron chi connectivity index (χ0n) is 20.2. The fraction of sp³-hybridized carbons (Fsp3) is 0.286. The summed E-state index contributed by atoms with van der Waals surface area (Å²) in [5.41, 5.74) is 4.43. The van der Waals surface area contributed by atoms with Crippen molar-refractivity contribution in [3.63, 3.8) is 0 Å². The highest BCUT2D eigenvalue weighted by molar-refractivity contribution is 7.20. The molecular formula is C28H28N4O3S. The molecule has 1 saturated heterocycles. The molecule has 7 nitrogen and oxygen atoms in total. The number of hydrogen-bond donors (Lipinski definition) is 1. The molecule has 1 fully saturated rings. The number of fused-ring (bicyclic) bond motifs is 1. The van der Waals surface area contributed by atoms with Gasteiger partial charge in [0.25, 0.3) is 5.19 Å². The van der Waals surface area contributed by atoms with Gasteiger partial charge in [-0.05, 0) is 79.8 Å². The molecule has 0 amide bonds. The molecule has 2 heterocycles. The van der Waals surface area contributed by atoms with E-state index < -0.39 is 5.97 Å². The lowest BCUT2D eigenvalue weighted by molar-refractivity contribution is 0.0731. The van der Waals surface area contributed by atoms with Gasteiger partial charge in [-0.15, -0.1) is 0 Å². The van der Waals surface area contributed by atoms with Crippen LogP contribution in [-0.4, -0.2) is 29.1 Å². The Bertz CT molecular complexity index is 1390. The molecule has 0 atom stereocenters. The molecule has 0 unspecified atom stereocenters. The van der Waals surface area contributed by atoms with Gasteiger partial charge in [-0.1, -0.05) is 30.7 Å². The van der Waals surface area contributed by atoms with Crippen molar-refractivity contribution in [3.05, 3.63) is 71.8 Å². The lowest BCUT2D eigenvalue weighted by Crippen LogP contribution is -2.17. The standard InChI is InChI=1S/C28H28N4O3S/c1-2-3-6-19-7-14-24-26(17-19)36-28(29-24)35-27(34)23-13-10-21(18-25(23)33)31-30-20-8-11-22(12-9-20)32-15-4-5-16-32/h7-14,17-18,33H,2-6,15-16H2,1H3/b31-30+. The van der Waals surface area contributed by atoms with Crippen molar-refractivity contribution in [1.82, 2.24) is 4.98 Å². The molecular weight excluding hydrogens is 472 g/mol. The topological polar surface area (TPSA) is 87.4 Å². The third-order valence-corrected chi connectivity index (χ3v) is 7.13. The Morgan fingerprint density at radius 3 is 2.53 bits per heavy atom. The molecule has 1 N–H and O–H groups in total. The number of azo groups is 1. The maximum absolute atomic E-state index is 12.7. The predicted molar refractivity (Wildman–Crippen MR) is 143 cm³/mol. The van der Waals surface area contributed by atoms with Crippen LogP contribution in [0.25, 0.3) is 10.2 Å². The minimum absolute atomic E-state index is 0.0480. The smallest absolute Gasteiger partial charge is 0.349 e. The monoisotopic (exact) mass is 500 g/mol. The van der Waals surface area contributed by atoms with Crippen LogP contribution < -0.4 is 9.64 Å². The lowest BCUT2D eigenvalue weighted by atomic mass is 10.1. The second-order valence-corrected chi connectivity index (χ2v) is 9.88. The van der Waals surface area contributed by atoms with Crippen molar-refractivity contribution >= 4 is 44.6 Å². The van der Waals surface area contributed by atoms with Crippen molar-refractivity contribution in [3.8, 4) is 10.9 Å². The maximum atomic E-state index is 12.7. The number of unbranched alkanes of at least 4 members (excludes halogenated alkanes) is 1. The van der Waals surface area contributed by atoms with Gasteiger partial charge in [-0.3, -0.25) is 0 Å². The first-order chi connectivity index (χ1) is 17.6. The lowest BCUT2D eigenvalue weighted by Gasteiger charge is -2.17. The molecule has 3 aromatic carbocycles. The largest absolute Gasteiger partial charge is 0.507 e. The van der Waals surface area contributed by atoms with Crippen molar-refractivity contribution in [2.24, 2.45) is 10.2 Å². The molecule has 0 radical (unpaired) electrons. The Morgan fingerprint density at radius 2 is 1.78 bits per heavy atom. The molecule has 4 aromatic rings. The first-order valence-corrected chi connectivity index (χ1v) is 13.1. The second kappa shape index (κ2) is 10.9. The Kier molecular flexibility index (Phi) is 7.23. The van der Waals surface area contributed by atoms with E-state index in [2.05, 4.69) is 39.2 Å². The van der Waals surface area contributed by atoms with E-state index in [1.54, 1.807) is 6.07 Å². The molecule has 0 saturated carbocycles. The van der Waals surface area contributed by atoms with Crippen LogP contribution in [0.2, 0.25) is 0 Å². The molecule has 36 heavy (non-hydrogen) atoms. The number of anilines is 1. The summed E-state index contributed by atoms with van der Waals surface area (Å²) in [7, 11) is 0. The number of carbonyl (C=O) groups excluding carboxylic acids is 1. The van der Waals surface area contributed by atoms with E-state index in [0.717, 1.165) is 48.3 Å². The molecule has 0 aliphatic carbocycles. The number of esters is 1. The van der Waals surface area contributed by atoms with E-state index in [-0.39, 0.29) is 16.5 Å². The summed E-state index contributed by atoms with van der Waals surface area (Å²) in [5.74, 6) is -0.887. The number of hydrogen-bond acceptors (Lipinski definition) is 8. The van der Waals surface area contributed by atoms with Gasteiger partial charge in [0.2, 0.25) is 0 Å². The third kappa shape index (κ3) is 5.54. The zero-order chi connectivity index (χ0) is 24.9. The van der Waals surface area contributed by atoms with Crippen molar-refractivity contribution in [2.75, 3.05) is 18.0 Å². The van der Waals surface area contributed by atoms with Gasteiger partial charge in [0.05, 0.1) is 21.6 Å². The number of nitrogens with zero attached hydrogens (tertiary/aromatic N) is 4. The van der Waals surface area contributed by atoms with Gasteiger partial charge in [-0.25, -0.2) is 9.78 Å². The van der Waals surface area contributed by atoms with E-state index in [0.29, 0.717) is 5.69 Å². The summed E-state index contributed by atoms with van der Waals surface area (Å²) in [6, 6.07) is 18.6. The Morgan fingerprint density at radius 1 is 1.03 bits per heavy atom. The number of rotatable bonds is 8. The number of phenols is 1. The van der Waals surface area contributed by atoms with E-state index >= 15 is 0 Å². The fourth-order valence-corrected chi connectivity index (χ4v) is 5.12. The molecule has 1 aromatic heterocycles. The number of thiazole rings is 1. The summed E-state index contributed by atoms with van der Waals surface area (Å²) < 4.78 is 6.43. The predicted octanol–water partition coefficient (Wildman–Crippen LogP) is 7.58. The van der Waals surface area contributed by atoms with Gasteiger partial charge in [-0.2, -0.15) is 10.2 Å². The van der Waals surface area contributed by atoms with Crippen LogP contribution in [0.5, 0.6) is 10.9 Å². The molecule has 1 aliphatic rings. The van der Waals surface area contributed by atoms with Gasteiger partial charge in [0, 0.05) is 24.8 Å². The van der Waals surface area contributed by atoms with Crippen molar-refractivity contribution < 1.29 is 14.6 Å². The quantitative estimate of drug-likeness (QED) is 0.199. The molecule has 8 heteroatoms. The summed E-state index contributed by atoms with van der Waals surface area (Å²) in [6.45, 7) is 4.35. The molecule has 5 rings (SSSR count). The molecule has 0 spiro atoms. The van der Waals surface area contributed by atoms with E-state index in [1.165, 1.54) is 47.6 Å². The second-order valence-electron chi connectivity index (χ2n) is 8.89. The Hall–Kier alpha value is -3.78. The summed E-state index contributed by atoms with van der Waals surface area (Å²) >= 11 is 1.32. The number of aryl methyl sites for hydroxylation is 1. The minimum atomic E-state index is -0.668. The van der Waals surface area contributed by atoms with E-state index in [1.807, 2.05) is 30.3 Å². The maximum Gasteiger partial charge on any atom is 0.349 e. The SMILES string of the molecule is CCCCc1ccc2nc(OC(=O)c3ccc(/N=N/c4ccc(N5CCCC5)cc4)cc3O)sc2c1. The Balaban J connectivity index is 1.24. The van der Waals surface area contributed by atoms with Crippen LogP contribution in [0.1, 0.15) is 48.5 Å². The van der Waals surface area contributed by atoms with Crippen LogP contribution in [-0.2, 0) is 6.42 Å².